The molecule has 0 aliphatic carbocycles. The molecule has 0 atom stereocenters. The lowest BCUT2D eigenvalue weighted by Gasteiger charge is -1.93. The molecule has 1 aromatic heterocycles. The van der Waals surface area contributed by atoms with Gasteiger partial charge in [-0.2, -0.15) is 0 Å². The van der Waals surface area contributed by atoms with Gasteiger partial charge in [-0.1, -0.05) is 6.08 Å². The van der Waals surface area contributed by atoms with E-state index in [0.717, 1.165) is 17.1 Å². The van der Waals surface area contributed by atoms with Crippen LogP contribution < -0.4 is 5.73 Å². The Bertz CT molecular complexity index is 260. The molecule has 0 saturated carbocycles. The fraction of sp³-hybridized carbons (Fsp3) is 0.333. The van der Waals surface area contributed by atoms with Gasteiger partial charge in [0.15, 0.2) is 0 Å². The standard InChI is InChI=1S/C9H13NO/c1-7(5-6-10)9-4-3-8(2)11-9/h3-5H,6,10H2,1-2H3. The molecule has 1 heterocycles. The fourth-order valence-corrected chi connectivity index (χ4v) is 0.924. The molecule has 0 aliphatic rings. The monoisotopic (exact) mass is 151 g/mol. The predicted molar refractivity (Wildman–Crippen MR) is 46.2 cm³/mol. The maximum Gasteiger partial charge on any atom is 0.129 e. The number of allylic oxidation sites excluding steroid dienone is 1. The first-order valence-electron chi connectivity index (χ1n) is 3.67. The number of hydrogen-bond acceptors (Lipinski definition) is 2. The molecule has 0 saturated heterocycles. The maximum atomic E-state index is 5.37. The zero-order valence-corrected chi connectivity index (χ0v) is 6.92. The van der Waals surface area contributed by atoms with Gasteiger partial charge in [-0.25, -0.2) is 0 Å². The first-order valence-corrected chi connectivity index (χ1v) is 3.67. The minimum atomic E-state index is 0.561. The molecule has 2 heteroatoms. The van der Waals surface area contributed by atoms with E-state index >= 15 is 0 Å². The van der Waals surface area contributed by atoms with Crippen LogP contribution in [0.15, 0.2) is 22.6 Å². The minimum Gasteiger partial charge on any atom is -0.462 e. The normalized spacial score (nSPS) is 12.1. The largest absolute Gasteiger partial charge is 0.462 e. The smallest absolute Gasteiger partial charge is 0.129 e. The molecule has 0 aromatic carbocycles. The second kappa shape index (κ2) is 3.39. The SMILES string of the molecule is CC(=CCN)c1ccc(C)o1. The van der Waals surface area contributed by atoms with Crippen molar-refractivity contribution in [3.8, 4) is 0 Å². The Morgan fingerprint density at radius 3 is 2.82 bits per heavy atom. The number of hydrogen-bond donors (Lipinski definition) is 1. The van der Waals surface area contributed by atoms with Gasteiger partial charge in [-0.15, -0.1) is 0 Å². The molecular weight excluding hydrogens is 138 g/mol. The van der Waals surface area contributed by atoms with Crippen molar-refractivity contribution in [1.82, 2.24) is 0 Å². The van der Waals surface area contributed by atoms with Crippen LogP contribution in [-0.4, -0.2) is 6.54 Å². The summed E-state index contributed by atoms with van der Waals surface area (Å²) in [6.45, 7) is 4.48. The summed E-state index contributed by atoms with van der Waals surface area (Å²) in [5, 5.41) is 0. The van der Waals surface area contributed by atoms with Gasteiger partial charge in [0.2, 0.25) is 0 Å². The topological polar surface area (TPSA) is 39.2 Å². The average Bonchev–Trinajstić information content (AvgIpc) is 2.36. The van der Waals surface area contributed by atoms with Crippen LogP contribution in [-0.2, 0) is 0 Å². The summed E-state index contributed by atoms with van der Waals surface area (Å²) in [7, 11) is 0. The average molecular weight is 151 g/mol. The lowest BCUT2D eigenvalue weighted by molar-refractivity contribution is 0.521. The number of nitrogens with two attached hydrogens (primary N) is 1. The molecule has 0 spiro atoms. The molecule has 0 radical (unpaired) electrons. The van der Waals surface area contributed by atoms with Gasteiger partial charge >= 0.3 is 0 Å². The minimum absolute atomic E-state index is 0.561. The van der Waals surface area contributed by atoms with E-state index < -0.39 is 0 Å². The summed E-state index contributed by atoms with van der Waals surface area (Å²) in [4.78, 5) is 0. The number of rotatable bonds is 2. The molecule has 0 fully saturated rings. The van der Waals surface area contributed by atoms with Crippen LogP contribution in [0.3, 0.4) is 0 Å². The van der Waals surface area contributed by atoms with Crippen molar-refractivity contribution in [3.63, 3.8) is 0 Å². The summed E-state index contributed by atoms with van der Waals surface area (Å²) in [5.74, 6) is 1.85. The van der Waals surface area contributed by atoms with E-state index in [9.17, 15) is 0 Å². The van der Waals surface area contributed by atoms with Crippen LogP contribution in [0.5, 0.6) is 0 Å². The first kappa shape index (κ1) is 8.08. The molecule has 0 bridgehead atoms. The molecule has 2 nitrogen and oxygen atoms in total. The molecule has 2 N–H and O–H groups in total. The highest BCUT2D eigenvalue weighted by Crippen LogP contribution is 2.15. The summed E-state index contributed by atoms with van der Waals surface area (Å²) < 4.78 is 5.37. The molecule has 1 aromatic rings. The van der Waals surface area contributed by atoms with Gasteiger partial charge in [0.25, 0.3) is 0 Å². The first-order chi connectivity index (χ1) is 5.24. The summed E-state index contributed by atoms with van der Waals surface area (Å²) >= 11 is 0. The zero-order valence-electron chi connectivity index (χ0n) is 6.92. The van der Waals surface area contributed by atoms with Gasteiger partial charge in [-0.3, -0.25) is 0 Å². The van der Waals surface area contributed by atoms with Crippen LogP contribution in [0.2, 0.25) is 0 Å². The Kier molecular flexibility index (Phi) is 2.49. The summed E-state index contributed by atoms with van der Waals surface area (Å²) in [6.07, 6.45) is 1.94. The Hall–Kier alpha value is -1.02. The van der Waals surface area contributed by atoms with E-state index in [1.807, 2.05) is 32.1 Å². The highest BCUT2D eigenvalue weighted by molar-refractivity contribution is 5.59. The van der Waals surface area contributed by atoms with Gasteiger partial charge in [0, 0.05) is 6.54 Å². The van der Waals surface area contributed by atoms with E-state index in [0.29, 0.717) is 6.54 Å². The number of aryl methyl sites for hydroxylation is 1. The molecule has 11 heavy (non-hydrogen) atoms. The van der Waals surface area contributed by atoms with E-state index in [1.165, 1.54) is 0 Å². The van der Waals surface area contributed by atoms with E-state index in [4.69, 9.17) is 10.2 Å². The van der Waals surface area contributed by atoms with Crippen molar-refractivity contribution < 1.29 is 4.42 Å². The second-order valence-electron chi connectivity index (χ2n) is 2.53. The Morgan fingerprint density at radius 1 is 1.64 bits per heavy atom. The van der Waals surface area contributed by atoms with Gasteiger partial charge in [0.05, 0.1) is 0 Å². The van der Waals surface area contributed by atoms with Crippen molar-refractivity contribution in [2.75, 3.05) is 6.54 Å². The van der Waals surface area contributed by atoms with Crippen LogP contribution >= 0.6 is 0 Å². The lowest BCUT2D eigenvalue weighted by Crippen LogP contribution is -1.93. The van der Waals surface area contributed by atoms with E-state index in [-0.39, 0.29) is 0 Å². The highest BCUT2D eigenvalue weighted by atomic mass is 16.3. The van der Waals surface area contributed by atoms with Crippen molar-refractivity contribution in [2.24, 2.45) is 5.73 Å². The van der Waals surface area contributed by atoms with Crippen molar-refractivity contribution in [1.29, 1.82) is 0 Å². The molecule has 0 amide bonds. The molecule has 0 aliphatic heterocycles. The van der Waals surface area contributed by atoms with Gasteiger partial charge < -0.3 is 10.2 Å². The Labute approximate surface area is 66.7 Å². The third-order valence-corrected chi connectivity index (χ3v) is 1.55. The quantitative estimate of drug-likeness (QED) is 0.701. The molecule has 1 rings (SSSR count). The third kappa shape index (κ3) is 1.95. The predicted octanol–water partition coefficient (Wildman–Crippen LogP) is 1.95. The molecule has 0 unspecified atom stereocenters. The lowest BCUT2D eigenvalue weighted by atomic mass is 10.2. The molecule has 60 valence electrons. The van der Waals surface area contributed by atoms with Crippen molar-refractivity contribution in [2.45, 2.75) is 13.8 Å². The Morgan fingerprint density at radius 2 is 2.36 bits per heavy atom. The van der Waals surface area contributed by atoms with Crippen molar-refractivity contribution >= 4 is 5.57 Å². The second-order valence-corrected chi connectivity index (χ2v) is 2.53. The summed E-state index contributed by atoms with van der Waals surface area (Å²) in [5.41, 5.74) is 6.45. The van der Waals surface area contributed by atoms with Crippen LogP contribution in [0.1, 0.15) is 18.4 Å². The number of furan rings is 1. The van der Waals surface area contributed by atoms with Crippen LogP contribution in [0, 0.1) is 6.92 Å². The van der Waals surface area contributed by atoms with E-state index in [1.54, 1.807) is 0 Å². The van der Waals surface area contributed by atoms with Crippen LogP contribution in [0.25, 0.3) is 5.57 Å². The fourth-order valence-electron chi connectivity index (χ4n) is 0.924. The molecular formula is C9H13NO. The maximum absolute atomic E-state index is 5.37. The van der Waals surface area contributed by atoms with Crippen molar-refractivity contribution in [3.05, 3.63) is 29.7 Å². The third-order valence-electron chi connectivity index (χ3n) is 1.55. The summed E-state index contributed by atoms with van der Waals surface area (Å²) in [6, 6.07) is 3.90. The van der Waals surface area contributed by atoms with E-state index in [2.05, 4.69) is 0 Å². The van der Waals surface area contributed by atoms with Gasteiger partial charge in [0.1, 0.15) is 11.5 Å². The Balaban J connectivity index is 2.84. The van der Waals surface area contributed by atoms with Gasteiger partial charge in [-0.05, 0) is 31.6 Å². The zero-order chi connectivity index (χ0) is 8.27. The van der Waals surface area contributed by atoms with Crippen LogP contribution in [0.4, 0.5) is 0 Å². The highest BCUT2D eigenvalue weighted by Gasteiger charge is 1.98.